The molecule has 4 rings (SSSR count). The van der Waals surface area contributed by atoms with E-state index in [1.165, 1.54) is 45.2 Å². The van der Waals surface area contributed by atoms with Crippen LogP contribution in [0, 0.1) is 0 Å². The third kappa shape index (κ3) is 4.24. The third-order valence-electron chi connectivity index (χ3n) is 6.71. The molecule has 152 valence electrons. The van der Waals surface area contributed by atoms with Crippen LogP contribution in [0.1, 0.15) is 62.8 Å². The summed E-state index contributed by atoms with van der Waals surface area (Å²) in [5.74, 6) is -0.825. The summed E-state index contributed by atoms with van der Waals surface area (Å²) in [7, 11) is 0. The minimum atomic E-state index is -0.339. The molecule has 3 aliphatic rings. The third-order valence-corrected chi connectivity index (χ3v) is 6.71. The van der Waals surface area contributed by atoms with E-state index in [4.69, 9.17) is 0 Å². The number of ketones is 1. The van der Waals surface area contributed by atoms with Crippen molar-refractivity contribution in [1.29, 1.82) is 0 Å². The minimum Gasteiger partial charge on any atom is -0.384 e. The molecule has 1 saturated heterocycles. The summed E-state index contributed by atoms with van der Waals surface area (Å²) in [6.45, 7) is 4.66. The molecule has 1 amide bonds. The molecule has 2 aliphatic heterocycles. The zero-order valence-corrected chi connectivity index (χ0v) is 16.9. The molecule has 0 radical (unpaired) electrons. The second-order valence-corrected chi connectivity index (χ2v) is 8.58. The van der Waals surface area contributed by atoms with Gasteiger partial charge in [-0.1, -0.05) is 37.5 Å². The van der Waals surface area contributed by atoms with E-state index in [2.05, 4.69) is 10.2 Å². The first kappa shape index (κ1) is 19.4. The monoisotopic (exact) mass is 383 g/mol. The highest BCUT2D eigenvalue weighted by Crippen LogP contribution is 2.33. The second-order valence-electron chi connectivity index (χ2n) is 8.58. The van der Waals surface area contributed by atoms with Crippen LogP contribution >= 0.6 is 0 Å². The Bertz CT molecular complexity index is 693. The van der Waals surface area contributed by atoms with Gasteiger partial charge < -0.3 is 15.1 Å². The predicted octanol–water partition coefficient (Wildman–Crippen LogP) is 3.41. The smallest absolute Gasteiger partial charge is 0.290 e. The second kappa shape index (κ2) is 9.08. The molecule has 1 aromatic carbocycles. The number of hydrogen-bond acceptors (Lipinski definition) is 4. The molecular formula is C23H33N3O2. The molecule has 0 bridgehead atoms. The fourth-order valence-corrected chi connectivity index (χ4v) is 5.12. The standard InChI is InChI=1S/C23H33N3O2/c27-22(20-17-24-21-12-5-4-11-19(20)21)23(28)26(18-9-2-1-3-10-18)16-8-15-25-13-6-7-14-25/h4-5,11-12,18,20,24H,1-3,6-10,13-17H2. The maximum absolute atomic E-state index is 13.3. The Labute approximate surface area is 168 Å². The van der Waals surface area contributed by atoms with Crippen molar-refractivity contribution >= 4 is 17.4 Å². The zero-order chi connectivity index (χ0) is 19.3. The van der Waals surface area contributed by atoms with E-state index in [1.807, 2.05) is 29.2 Å². The summed E-state index contributed by atoms with van der Waals surface area (Å²) in [5, 5.41) is 3.29. The highest BCUT2D eigenvalue weighted by Gasteiger charge is 2.37. The van der Waals surface area contributed by atoms with Crippen LogP contribution in [0.4, 0.5) is 5.69 Å². The van der Waals surface area contributed by atoms with Crippen LogP contribution < -0.4 is 5.32 Å². The van der Waals surface area contributed by atoms with Gasteiger partial charge in [-0.2, -0.15) is 0 Å². The fourth-order valence-electron chi connectivity index (χ4n) is 5.12. The van der Waals surface area contributed by atoms with Crippen LogP contribution in [-0.2, 0) is 9.59 Å². The minimum absolute atomic E-state index is 0.232. The largest absolute Gasteiger partial charge is 0.384 e. The van der Waals surface area contributed by atoms with Gasteiger partial charge in [0.15, 0.2) is 0 Å². The average Bonchev–Trinajstić information content (AvgIpc) is 3.41. The summed E-state index contributed by atoms with van der Waals surface area (Å²) in [5.41, 5.74) is 1.97. The van der Waals surface area contributed by atoms with Gasteiger partial charge in [0, 0.05) is 24.8 Å². The molecule has 0 aromatic heterocycles. The van der Waals surface area contributed by atoms with Gasteiger partial charge in [-0.3, -0.25) is 9.59 Å². The number of fused-ring (bicyclic) bond motifs is 1. The van der Waals surface area contributed by atoms with Crippen molar-refractivity contribution in [3.63, 3.8) is 0 Å². The van der Waals surface area contributed by atoms with E-state index in [9.17, 15) is 9.59 Å². The van der Waals surface area contributed by atoms with E-state index >= 15 is 0 Å². The van der Waals surface area contributed by atoms with E-state index in [0.717, 1.165) is 37.1 Å². The summed E-state index contributed by atoms with van der Waals surface area (Å²) in [6.07, 6.45) is 9.22. The maximum Gasteiger partial charge on any atom is 0.290 e. The lowest BCUT2D eigenvalue weighted by Crippen LogP contribution is -2.47. The van der Waals surface area contributed by atoms with Crippen LogP contribution in [0.15, 0.2) is 24.3 Å². The number of likely N-dealkylation sites (tertiary alicyclic amines) is 1. The van der Waals surface area contributed by atoms with Crippen molar-refractivity contribution in [2.24, 2.45) is 0 Å². The highest BCUT2D eigenvalue weighted by molar-refractivity contribution is 6.38. The molecule has 1 atom stereocenters. The number of hydrogen-bond donors (Lipinski definition) is 1. The number of carbonyl (C=O) groups is 2. The summed E-state index contributed by atoms with van der Waals surface area (Å²) >= 11 is 0. The van der Waals surface area contributed by atoms with E-state index in [0.29, 0.717) is 13.1 Å². The fraction of sp³-hybridized carbons (Fsp3) is 0.652. The van der Waals surface area contributed by atoms with Crippen molar-refractivity contribution in [3.05, 3.63) is 29.8 Å². The lowest BCUT2D eigenvalue weighted by Gasteiger charge is -2.35. The summed E-state index contributed by atoms with van der Waals surface area (Å²) in [6, 6.07) is 8.12. The number of carbonyl (C=O) groups excluding carboxylic acids is 2. The molecule has 1 unspecified atom stereocenters. The lowest BCUT2D eigenvalue weighted by molar-refractivity contribution is -0.147. The Morgan fingerprint density at radius 1 is 1.04 bits per heavy atom. The number of amides is 1. The van der Waals surface area contributed by atoms with Crippen molar-refractivity contribution in [3.8, 4) is 0 Å². The van der Waals surface area contributed by atoms with Crippen molar-refractivity contribution in [2.45, 2.75) is 63.3 Å². The molecule has 5 heteroatoms. The Kier molecular flexibility index (Phi) is 6.30. The van der Waals surface area contributed by atoms with Gasteiger partial charge in [0.2, 0.25) is 5.78 Å². The van der Waals surface area contributed by atoms with Crippen molar-refractivity contribution in [2.75, 3.05) is 38.0 Å². The van der Waals surface area contributed by atoms with Gasteiger partial charge in [-0.25, -0.2) is 0 Å². The van der Waals surface area contributed by atoms with Crippen LogP contribution in [0.25, 0.3) is 0 Å². The van der Waals surface area contributed by atoms with Gasteiger partial charge in [0.1, 0.15) is 0 Å². The maximum atomic E-state index is 13.3. The molecule has 1 aliphatic carbocycles. The van der Waals surface area contributed by atoms with Crippen molar-refractivity contribution in [1.82, 2.24) is 9.80 Å². The number of nitrogens with zero attached hydrogens (tertiary/aromatic N) is 2. The Morgan fingerprint density at radius 3 is 2.57 bits per heavy atom. The van der Waals surface area contributed by atoms with Crippen LogP contribution in [0.2, 0.25) is 0 Å². The lowest BCUT2D eigenvalue weighted by atomic mass is 9.91. The summed E-state index contributed by atoms with van der Waals surface area (Å²) < 4.78 is 0. The molecule has 1 N–H and O–H groups in total. The number of anilines is 1. The Hall–Kier alpha value is -1.88. The van der Waals surface area contributed by atoms with Crippen LogP contribution in [0.5, 0.6) is 0 Å². The summed E-state index contributed by atoms with van der Waals surface area (Å²) in [4.78, 5) is 30.9. The van der Waals surface area contributed by atoms with Gasteiger partial charge >= 0.3 is 0 Å². The molecule has 0 spiro atoms. The first-order valence-electron chi connectivity index (χ1n) is 11.1. The van der Waals surface area contributed by atoms with Gasteiger partial charge in [-0.05, 0) is 63.4 Å². The van der Waals surface area contributed by atoms with E-state index < -0.39 is 0 Å². The molecule has 5 nitrogen and oxygen atoms in total. The molecular weight excluding hydrogens is 350 g/mol. The Morgan fingerprint density at radius 2 is 1.79 bits per heavy atom. The molecule has 2 heterocycles. The topological polar surface area (TPSA) is 52.7 Å². The predicted molar refractivity (Wildman–Crippen MR) is 112 cm³/mol. The number of para-hydroxylation sites is 1. The SMILES string of the molecule is O=C(C(=O)N(CCCN1CCCC1)C1CCCCC1)C1CNc2ccccc21. The molecule has 2 fully saturated rings. The quantitative estimate of drug-likeness (QED) is 0.733. The van der Waals surface area contributed by atoms with Gasteiger partial charge in [-0.15, -0.1) is 0 Å². The first-order chi connectivity index (χ1) is 13.7. The van der Waals surface area contributed by atoms with Crippen molar-refractivity contribution < 1.29 is 9.59 Å². The number of benzene rings is 1. The highest BCUT2D eigenvalue weighted by atomic mass is 16.2. The normalized spacial score (nSPS) is 22.6. The van der Waals surface area contributed by atoms with Gasteiger partial charge in [0.25, 0.3) is 5.91 Å². The number of Topliss-reactive ketones (excluding diaryl/α,β-unsaturated/α-hetero) is 1. The molecule has 28 heavy (non-hydrogen) atoms. The first-order valence-corrected chi connectivity index (χ1v) is 11.1. The Balaban J connectivity index is 1.43. The number of nitrogens with one attached hydrogen (secondary N) is 1. The average molecular weight is 384 g/mol. The zero-order valence-electron chi connectivity index (χ0n) is 16.9. The van der Waals surface area contributed by atoms with E-state index in [1.54, 1.807) is 0 Å². The number of rotatable bonds is 7. The molecule has 1 saturated carbocycles. The van der Waals surface area contributed by atoms with E-state index in [-0.39, 0.29) is 23.7 Å². The van der Waals surface area contributed by atoms with Gasteiger partial charge in [0.05, 0.1) is 5.92 Å². The van der Waals surface area contributed by atoms with Crippen LogP contribution in [-0.4, -0.2) is 60.3 Å². The van der Waals surface area contributed by atoms with Crippen LogP contribution in [0.3, 0.4) is 0 Å². The molecule has 1 aromatic rings.